The lowest BCUT2D eigenvalue weighted by Gasteiger charge is -2.05. The zero-order valence-electron chi connectivity index (χ0n) is 9.44. The number of aromatic nitrogens is 3. The third-order valence-corrected chi connectivity index (χ3v) is 4.14. The first-order chi connectivity index (χ1) is 8.63. The van der Waals surface area contributed by atoms with Crippen LogP contribution in [-0.2, 0) is 9.59 Å². The third kappa shape index (κ3) is 2.44. The van der Waals surface area contributed by atoms with Gasteiger partial charge in [0.15, 0.2) is 11.0 Å². The molecule has 2 rings (SSSR count). The topological polar surface area (TPSA) is 90.9 Å². The van der Waals surface area contributed by atoms with Gasteiger partial charge in [0.05, 0.1) is 10.1 Å². The quantitative estimate of drug-likeness (QED) is 0.653. The van der Waals surface area contributed by atoms with Gasteiger partial charge in [-0.3, -0.25) is 9.59 Å². The van der Waals surface area contributed by atoms with Crippen LogP contribution in [0, 0.1) is 0 Å². The van der Waals surface area contributed by atoms with Gasteiger partial charge in [0.1, 0.15) is 0 Å². The molecule has 0 bridgehead atoms. The van der Waals surface area contributed by atoms with Gasteiger partial charge in [0, 0.05) is 0 Å². The van der Waals surface area contributed by atoms with Crippen LogP contribution in [0.5, 0.6) is 0 Å². The van der Waals surface area contributed by atoms with E-state index in [0.29, 0.717) is 17.4 Å². The van der Waals surface area contributed by atoms with E-state index in [1.807, 2.05) is 17.5 Å². The molecule has 2 aromatic rings. The molecule has 2 N–H and O–H groups in total. The van der Waals surface area contributed by atoms with Crippen molar-refractivity contribution in [1.82, 2.24) is 14.8 Å². The lowest BCUT2D eigenvalue weighted by atomic mass is 10.4. The van der Waals surface area contributed by atoms with Gasteiger partial charge >= 0.3 is 0 Å². The molecular formula is C10H10N4O2S2. The molecule has 2 heterocycles. The molecule has 0 aliphatic carbocycles. The Balaban J connectivity index is 2.33. The molecule has 0 spiro atoms. The number of hydrogen-bond acceptors (Lipinski definition) is 6. The monoisotopic (exact) mass is 282 g/mol. The maximum absolute atomic E-state index is 11.1. The van der Waals surface area contributed by atoms with Gasteiger partial charge in [-0.1, -0.05) is 17.8 Å². The summed E-state index contributed by atoms with van der Waals surface area (Å²) in [7, 11) is 0. The van der Waals surface area contributed by atoms with E-state index in [1.54, 1.807) is 6.92 Å². The fourth-order valence-corrected chi connectivity index (χ4v) is 2.71. The molecule has 0 fully saturated rings. The highest BCUT2D eigenvalue weighted by molar-refractivity contribution is 8.00. The second-order valence-electron chi connectivity index (χ2n) is 3.42. The van der Waals surface area contributed by atoms with Crippen LogP contribution in [0.2, 0.25) is 0 Å². The standard InChI is InChI=1S/C10H10N4O2S2/c1-6(8(11)16)18-10-13-12-9(14(10)5-15)7-3-2-4-17-7/h2-6H,1H3,(H2,11,16). The maximum Gasteiger partial charge on any atom is 0.230 e. The number of primary amides is 1. The number of hydrogen-bond donors (Lipinski definition) is 1. The van der Waals surface area contributed by atoms with E-state index in [-0.39, 0.29) is 0 Å². The number of carbonyl (C=O) groups excluding carboxylic acids is 2. The first-order valence-corrected chi connectivity index (χ1v) is 6.79. The van der Waals surface area contributed by atoms with Crippen LogP contribution in [0.4, 0.5) is 0 Å². The lowest BCUT2D eigenvalue weighted by molar-refractivity contribution is -0.117. The van der Waals surface area contributed by atoms with Crippen molar-refractivity contribution < 1.29 is 9.59 Å². The smallest absolute Gasteiger partial charge is 0.230 e. The van der Waals surface area contributed by atoms with Crippen molar-refractivity contribution in [1.29, 1.82) is 0 Å². The average Bonchev–Trinajstić information content (AvgIpc) is 2.96. The van der Waals surface area contributed by atoms with Crippen LogP contribution in [0.25, 0.3) is 10.7 Å². The number of carbonyl (C=O) groups is 2. The predicted octanol–water partition coefficient (Wildman–Crippen LogP) is 1.01. The summed E-state index contributed by atoms with van der Waals surface area (Å²) in [5.74, 6) is 0.0114. The number of nitrogens with two attached hydrogens (primary N) is 1. The van der Waals surface area contributed by atoms with Crippen molar-refractivity contribution in [3.8, 4) is 10.7 Å². The summed E-state index contributed by atoms with van der Waals surface area (Å²) in [5, 5.41) is 9.65. The van der Waals surface area contributed by atoms with E-state index >= 15 is 0 Å². The van der Waals surface area contributed by atoms with E-state index < -0.39 is 11.2 Å². The van der Waals surface area contributed by atoms with Crippen molar-refractivity contribution in [2.45, 2.75) is 17.3 Å². The Bertz CT molecular complexity index is 564. The van der Waals surface area contributed by atoms with Crippen LogP contribution >= 0.6 is 23.1 Å². The number of thioether (sulfide) groups is 1. The van der Waals surface area contributed by atoms with Gasteiger partial charge in [0.2, 0.25) is 12.3 Å². The molecule has 0 radical (unpaired) electrons. The minimum absolute atomic E-state index is 0.361. The van der Waals surface area contributed by atoms with Gasteiger partial charge in [-0.15, -0.1) is 21.5 Å². The van der Waals surface area contributed by atoms with Crippen molar-refractivity contribution in [2.75, 3.05) is 0 Å². The van der Waals surface area contributed by atoms with Crippen molar-refractivity contribution in [3.05, 3.63) is 17.5 Å². The van der Waals surface area contributed by atoms with Gasteiger partial charge < -0.3 is 5.73 Å². The van der Waals surface area contributed by atoms with Crippen LogP contribution in [-0.4, -0.2) is 32.3 Å². The Morgan fingerprint density at radius 3 is 2.94 bits per heavy atom. The zero-order valence-corrected chi connectivity index (χ0v) is 11.1. The predicted molar refractivity (Wildman–Crippen MR) is 70.0 cm³/mol. The molecule has 6 nitrogen and oxygen atoms in total. The zero-order chi connectivity index (χ0) is 13.1. The minimum Gasteiger partial charge on any atom is -0.369 e. The molecule has 18 heavy (non-hydrogen) atoms. The number of amides is 1. The van der Waals surface area contributed by atoms with Crippen LogP contribution in [0.15, 0.2) is 22.7 Å². The minimum atomic E-state index is -0.468. The van der Waals surface area contributed by atoms with Gasteiger partial charge in [0.25, 0.3) is 0 Å². The molecule has 0 saturated carbocycles. The van der Waals surface area contributed by atoms with Crippen LogP contribution < -0.4 is 5.73 Å². The van der Waals surface area contributed by atoms with Gasteiger partial charge in [-0.25, -0.2) is 4.57 Å². The first kappa shape index (κ1) is 12.8. The highest BCUT2D eigenvalue weighted by Crippen LogP contribution is 2.27. The Morgan fingerprint density at radius 2 is 2.39 bits per heavy atom. The number of nitrogens with zero attached hydrogens (tertiary/aromatic N) is 3. The summed E-state index contributed by atoms with van der Waals surface area (Å²) < 4.78 is 1.32. The highest BCUT2D eigenvalue weighted by Gasteiger charge is 2.19. The fraction of sp³-hybridized carbons (Fsp3) is 0.200. The molecule has 0 saturated heterocycles. The number of thiophene rings is 1. The molecule has 0 aliphatic rings. The van der Waals surface area contributed by atoms with E-state index in [2.05, 4.69) is 10.2 Å². The van der Waals surface area contributed by atoms with E-state index in [0.717, 1.165) is 16.6 Å². The Labute approximate surface area is 111 Å². The third-order valence-electron chi connectivity index (χ3n) is 2.19. The largest absolute Gasteiger partial charge is 0.369 e. The van der Waals surface area contributed by atoms with Gasteiger partial charge in [-0.2, -0.15) is 0 Å². The van der Waals surface area contributed by atoms with E-state index in [4.69, 9.17) is 5.73 Å². The molecule has 0 aliphatic heterocycles. The average molecular weight is 282 g/mol. The highest BCUT2D eigenvalue weighted by atomic mass is 32.2. The lowest BCUT2D eigenvalue weighted by Crippen LogP contribution is -2.23. The summed E-state index contributed by atoms with van der Waals surface area (Å²) in [6.07, 6.45) is 0.630. The Hall–Kier alpha value is -1.67. The summed E-state index contributed by atoms with van der Waals surface area (Å²) in [6.45, 7) is 1.65. The molecule has 8 heteroatoms. The maximum atomic E-state index is 11.1. The first-order valence-electron chi connectivity index (χ1n) is 5.03. The van der Waals surface area contributed by atoms with Crippen LogP contribution in [0.1, 0.15) is 6.92 Å². The van der Waals surface area contributed by atoms with Crippen molar-refractivity contribution in [2.24, 2.45) is 5.73 Å². The molecular weight excluding hydrogens is 272 g/mol. The summed E-state index contributed by atoms with van der Waals surface area (Å²) in [4.78, 5) is 23.0. The second-order valence-corrected chi connectivity index (χ2v) is 5.68. The molecule has 1 amide bonds. The molecule has 1 unspecified atom stereocenters. The van der Waals surface area contributed by atoms with Crippen LogP contribution in [0.3, 0.4) is 0 Å². The number of rotatable bonds is 5. The molecule has 0 aromatic carbocycles. The normalized spacial score (nSPS) is 12.3. The second kappa shape index (κ2) is 5.32. The van der Waals surface area contributed by atoms with Gasteiger partial charge in [-0.05, 0) is 18.4 Å². The summed E-state index contributed by atoms with van der Waals surface area (Å²) >= 11 is 2.57. The molecule has 1 atom stereocenters. The Kier molecular flexibility index (Phi) is 3.78. The summed E-state index contributed by atoms with van der Waals surface area (Å²) in [6, 6.07) is 3.71. The SMILES string of the molecule is CC(Sc1nnc(-c2cccs2)n1C=O)C(N)=O. The van der Waals surface area contributed by atoms with E-state index in [1.165, 1.54) is 15.9 Å². The molecule has 2 aromatic heterocycles. The fourth-order valence-electron chi connectivity index (χ4n) is 1.24. The van der Waals surface area contributed by atoms with E-state index in [9.17, 15) is 9.59 Å². The van der Waals surface area contributed by atoms with Crippen molar-refractivity contribution >= 4 is 35.4 Å². The molecule has 94 valence electrons. The van der Waals surface area contributed by atoms with Crippen molar-refractivity contribution in [3.63, 3.8) is 0 Å². The Morgan fingerprint density at radius 1 is 1.61 bits per heavy atom. The summed E-state index contributed by atoms with van der Waals surface area (Å²) in [5.41, 5.74) is 5.17.